The number of nitrogens with one attached hydrogen (secondary N) is 1. The molecular weight excluding hydrogens is 200 g/mol. The summed E-state index contributed by atoms with van der Waals surface area (Å²) in [7, 11) is 1.87. The van der Waals surface area contributed by atoms with Gasteiger partial charge in [-0.25, -0.2) is 0 Å². The standard InChI is InChI=1S/C13H20N2O/c1-14-12-9-6-10-13(15-12)16-11-7-4-2-3-5-8-11/h6,9-11H,2-5,7-8H2,1H3,(H,14,15). The van der Waals surface area contributed by atoms with E-state index in [2.05, 4.69) is 10.3 Å². The third-order valence-electron chi connectivity index (χ3n) is 3.07. The highest BCUT2D eigenvalue weighted by Gasteiger charge is 2.14. The van der Waals surface area contributed by atoms with Gasteiger partial charge in [0, 0.05) is 13.1 Å². The Morgan fingerprint density at radius 3 is 2.62 bits per heavy atom. The molecule has 1 aliphatic carbocycles. The van der Waals surface area contributed by atoms with E-state index in [0.717, 1.165) is 11.7 Å². The van der Waals surface area contributed by atoms with Crippen molar-refractivity contribution in [1.82, 2.24) is 4.98 Å². The van der Waals surface area contributed by atoms with Gasteiger partial charge in [-0.1, -0.05) is 18.9 Å². The molecule has 1 aromatic heterocycles. The van der Waals surface area contributed by atoms with Gasteiger partial charge in [-0.3, -0.25) is 0 Å². The Labute approximate surface area is 97.2 Å². The van der Waals surface area contributed by atoms with Crippen LogP contribution in [0.2, 0.25) is 0 Å². The van der Waals surface area contributed by atoms with Crippen molar-refractivity contribution in [1.29, 1.82) is 0 Å². The average molecular weight is 220 g/mol. The van der Waals surface area contributed by atoms with Crippen molar-refractivity contribution >= 4 is 5.82 Å². The molecule has 2 rings (SSSR count). The van der Waals surface area contributed by atoms with Crippen molar-refractivity contribution in [2.24, 2.45) is 0 Å². The fourth-order valence-corrected chi connectivity index (χ4v) is 2.15. The van der Waals surface area contributed by atoms with Gasteiger partial charge in [0.2, 0.25) is 5.88 Å². The lowest BCUT2D eigenvalue weighted by atomic mass is 10.1. The summed E-state index contributed by atoms with van der Waals surface area (Å²) in [6.07, 6.45) is 7.99. The summed E-state index contributed by atoms with van der Waals surface area (Å²) in [5.74, 6) is 1.62. The first kappa shape index (κ1) is 11.2. The molecule has 16 heavy (non-hydrogen) atoms. The van der Waals surface area contributed by atoms with Gasteiger partial charge < -0.3 is 10.1 Å². The Morgan fingerprint density at radius 1 is 1.19 bits per heavy atom. The Kier molecular flexibility index (Phi) is 4.03. The van der Waals surface area contributed by atoms with Crippen LogP contribution < -0.4 is 10.1 Å². The molecule has 0 unspecified atom stereocenters. The molecule has 1 heterocycles. The maximum atomic E-state index is 5.93. The van der Waals surface area contributed by atoms with Gasteiger partial charge in [-0.05, 0) is 31.7 Å². The van der Waals surface area contributed by atoms with Crippen LogP contribution in [0.5, 0.6) is 5.88 Å². The zero-order chi connectivity index (χ0) is 11.2. The summed E-state index contributed by atoms with van der Waals surface area (Å²) in [6, 6.07) is 5.86. The van der Waals surface area contributed by atoms with Gasteiger partial charge in [0.15, 0.2) is 0 Å². The monoisotopic (exact) mass is 220 g/mol. The fraction of sp³-hybridized carbons (Fsp3) is 0.615. The second-order valence-corrected chi connectivity index (χ2v) is 4.34. The van der Waals surface area contributed by atoms with Gasteiger partial charge in [0.25, 0.3) is 0 Å². The number of pyridine rings is 1. The highest BCUT2D eigenvalue weighted by atomic mass is 16.5. The van der Waals surface area contributed by atoms with Crippen molar-refractivity contribution in [3.05, 3.63) is 18.2 Å². The summed E-state index contributed by atoms with van der Waals surface area (Å²) in [6.45, 7) is 0. The molecule has 1 fully saturated rings. The van der Waals surface area contributed by atoms with Crippen molar-refractivity contribution < 1.29 is 4.74 Å². The number of hydrogen-bond acceptors (Lipinski definition) is 3. The molecule has 0 aromatic carbocycles. The number of nitrogens with zero attached hydrogens (tertiary/aromatic N) is 1. The molecule has 0 radical (unpaired) electrons. The third-order valence-corrected chi connectivity index (χ3v) is 3.07. The quantitative estimate of drug-likeness (QED) is 0.794. The van der Waals surface area contributed by atoms with E-state index in [9.17, 15) is 0 Å². The van der Waals surface area contributed by atoms with E-state index in [0.29, 0.717) is 6.10 Å². The van der Waals surface area contributed by atoms with Crippen LogP contribution in [0.4, 0.5) is 5.82 Å². The third kappa shape index (κ3) is 3.12. The van der Waals surface area contributed by atoms with E-state index in [-0.39, 0.29) is 0 Å². The molecule has 0 bridgehead atoms. The molecule has 0 amide bonds. The van der Waals surface area contributed by atoms with Crippen molar-refractivity contribution in [2.45, 2.75) is 44.6 Å². The van der Waals surface area contributed by atoms with Crippen LogP contribution >= 0.6 is 0 Å². The molecule has 3 heteroatoms. The second kappa shape index (κ2) is 5.73. The normalized spacial score (nSPS) is 17.8. The molecule has 1 aliphatic rings. The van der Waals surface area contributed by atoms with Crippen molar-refractivity contribution in [3.63, 3.8) is 0 Å². The minimum atomic E-state index is 0.363. The Balaban J connectivity index is 1.96. The summed E-state index contributed by atoms with van der Waals surface area (Å²) in [5, 5.41) is 3.03. The van der Waals surface area contributed by atoms with Crippen LogP contribution in [0, 0.1) is 0 Å². The molecular formula is C13H20N2O. The maximum absolute atomic E-state index is 5.93. The fourth-order valence-electron chi connectivity index (χ4n) is 2.15. The average Bonchev–Trinajstić information content (AvgIpc) is 2.58. The van der Waals surface area contributed by atoms with Gasteiger partial charge in [0.05, 0.1) is 0 Å². The largest absolute Gasteiger partial charge is 0.474 e. The predicted molar refractivity (Wildman–Crippen MR) is 65.9 cm³/mol. The van der Waals surface area contributed by atoms with Crippen LogP contribution in [0.25, 0.3) is 0 Å². The molecule has 3 nitrogen and oxygen atoms in total. The molecule has 0 spiro atoms. The lowest BCUT2D eigenvalue weighted by Gasteiger charge is -2.16. The topological polar surface area (TPSA) is 34.1 Å². The minimum Gasteiger partial charge on any atom is -0.474 e. The van der Waals surface area contributed by atoms with Gasteiger partial charge in [0.1, 0.15) is 11.9 Å². The SMILES string of the molecule is CNc1cccc(OC2CCCCCC2)n1. The van der Waals surface area contributed by atoms with E-state index in [1.807, 2.05) is 25.2 Å². The number of anilines is 1. The highest BCUT2D eigenvalue weighted by Crippen LogP contribution is 2.22. The smallest absolute Gasteiger partial charge is 0.215 e. The number of hydrogen-bond donors (Lipinski definition) is 1. The zero-order valence-corrected chi connectivity index (χ0v) is 9.91. The molecule has 0 saturated heterocycles. The summed E-state index contributed by atoms with van der Waals surface area (Å²) >= 11 is 0. The van der Waals surface area contributed by atoms with Gasteiger partial charge in [-0.2, -0.15) is 4.98 Å². The number of ether oxygens (including phenoxy) is 1. The predicted octanol–water partition coefficient (Wildman–Crippen LogP) is 3.22. The van der Waals surface area contributed by atoms with Crippen LogP contribution in [0.1, 0.15) is 38.5 Å². The van der Waals surface area contributed by atoms with E-state index < -0.39 is 0 Å². The number of aromatic nitrogens is 1. The first-order valence-corrected chi connectivity index (χ1v) is 6.20. The highest BCUT2D eigenvalue weighted by molar-refractivity contribution is 5.36. The lowest BCUT2D eigenvalue weighted by Crippen LogP contribution is -2.15. The maximum Gasteiger partial charge on any atom is 0.215 e. The molecule has 0 aliphatic heterocycles. The molecule has 0 atom stereocenters. The van der Waals surface area contributed by atoms with Crippen LogP contribution in [-0.2, 0) is 0 Å². The molecule has 1 saturated carbocycles. The summed E-state index contributed by atoms with van der Waals surface area (Å²) < 4.78 is 5.93. The summed E-state index contributed by atoms with van der Waals surface area (Å²) in [5.41, 5.74) is 0. The Hall–Kier alpha value is -1.25. The van der Waals surface area contributed by atoms with Crippen molar-refractivity contribution in [2.75, 3.05) is 12.4 Å². The Morgan fingerprint density at radius 2 is 1.94 bits per heavy atom. The van der Waals surface area contributed by atoms with Crippen LogP contribution in [-0.4, -0.2) is 18.1 Å². The van der Waals surface area contributed by atoms with Gasteiger partial charge in [-0.15, -0.1) is 0 Å². The van der Waals surface area contributed by atoms with Crippen molar-refractivity contribution in [3.8, 4) is 5.88 Å². The molecule has 1 aromatic rings. The van der Waals surface area contributed by atoms with E-state index in [1.165, 1.54) is 38.5 Å². The molecule has 1 N–H and O–H groups in total. The van der Waals surface area contributed by atoms with E-state index in [4.69, 9.17) is 4.74 Å². The van der Waals surface area contributed by atoms with E-state index in [1.54, 1.807) is 0 Å². The van der Waals surface area contributed by atoms with E-state index >= 15 is 0 Å². The van der Waals surface area contributed by atoms with Gasteiger partial charge >= 0.3 is 0 Å². The number of rotatable bonds is 3. The zero-order valence-electron chi connectivity index (χ0n) is 9.91. The molecule has 88 valence electrons. The lowest BCUT2D eigenvalue weighted by molar-refractivity contribution is 0.176. The second-order valence-electron chi connectivity index (χ2n) is 4.34. The first-order valence-electron chi connectivity index (χ1n) is 6.20. The minimum absolute atomic E-state index is 0.363. The Bertz CT molecular complexity index is 319. The first-order chi connectivity index (χ1) is 7.88. The van der Waals surface area contributed by atoms with Crippen LogP contribution in [0.15, 0.2) is 18.2 Å². The van der Waals surface area contributed by atoms with Crippen LogP contribution in [0.3, 0.4) is 0 Å². The summed E-state index contributed by atoms with van der Waals surface area (Å²) in [4.78, 5) is 4.38.